The van der Waals surface area contributed by atoms with Crippen LogP contribution in [-0.2, 0) is 4.79 Å². The van der Waals surface area contributed by atoms with Crippen LogP contribution in [0.3, 0.4) is 0 Å². The fourth-order valence-corrected chi connectivity index (χ4v) is 3.81. The van der Waals surface area contributed by atoms with Crippen molar-refractivity contribution in [3.63, 3.8) is 0 Å². The Morgan fingerprint density at radius 1 is 1.27 bits per heavy atom. The second kappa shape index (κ2) is 7.23. The van der Waals surface area contributed by atoms with Crippen molar-refractivity contribution < 1.29 is 4.79 Å². The summed E-state index contributed by atoms with van der Waals surface area (Å²) in [6.07, 6.45) is 4.14. The second-order valence-corrected chi connectivity index (χ2v) is 6.77. The molecule has 22 heavy (non-hydrogen) atoms. The number of nitrogens with zero attached hydrogens (tertiary/aromatic N) is 4. The Kier molecular flexibility index (Phi) is 5.09. The summed E-state index contributed by atoms with van der Waals surface area (Å²) in [5.41, 5.74) is 5.56. The molecule has 2 fully saturated rings. The smallest absolute Gasteiger partial charge is 0.233 e. The average Bonchev–Trinajstić information content (AvgIpc) is 3.00. The first-order valence-electron chi connectivity index (χ1n) is 8.05. The Hall–Kier alpha value is -1.41. The number of aromatic nitrogens is 2. The average molecular weight is 324 g/mol. The standard InChI is InChI=1S/C14H24N6OS/c15-13-17-14(22-18-13)20-9-7-19(8-10-20)12(21)2-1-11-3-5-16-6-4-11/h11,16H,1-10H2,(H2,15,18). The maximum atomic E-state index is 12.3. The van der Waals surface area contributed by atoms with Crippen LogP contribution in [0.25, 0.3) is 0 Å². The molecule has 3 heterocycles. The minimum atomic E-state index is 0.301. The Morgan fingerprint density at radius 3 is 2.64 bits per heavy atom. The van der Waals surface area contributed by atoms with Gasteiger partial charge in [0.25, 0.3) is 0 Å². The van der Waals surface area contributed by atoms with Gasteiger partial charge >= 0.3 is 0 Å². The summed E-state index contributed by atoms with van der Waals surface area (Å²) in [7, 11) is 0. The molecular weight excluding hydrogens is 300 g/mol. The van der Waals surface area contributed by atoms with E-state index < -0.39 is 0 Å². The zero-order valence-electron chi connectivity index (χ0n) is 12.8. The van der Waals surface area contributed by atoms with Crippen molar-refractivity contribution in [1.29, 1.82) is 0 Å². The van der Waals surface area contributed by atoms with Crippen LogP contribution >= 0.6 is 11.5 Å². The molecular formula is C14H24N6OS. The highest BCUT2D eigenvalue weighted by molar-refractivity contribution is 7.09. The molecule has 1 aromatic rings. The van der Waals surface area contributed by atoms with Crippen molar-refractivity contribution in [2.75, 3.05) is 49.9 Å². The van der Waals surface area contributed by atoms with E-state index in [1.807, 2.05) is 4.90 Å². The summed E-state index contributed by atoms with van der Waals surface area (Å²) >= 11 is 1.33. The predicted molar refractivity (Wildman–Crippen MR) is 87.9 cm³/mol. The van der Waals surface area contributed by atoms with Gasteiger partial charge in [-0.05, 0) is 38.3 Å². The lowest BCUT2D eigenvalue weighted by atomic mass is 9.93. The zero-order chi connectivity index (χ0) is 15.4. The topological polar surface area (TPSA) is 87.4 Å². The van der Waals surface area contributed by atoms with Gasteiger partial charge < -0.3 is 20.9 Å². The molecule has 0 aromatic carbocycles. The Balaban J connectivity index is 1.41. The molecule has 1 aromatic heterocycles. The van der Waals surface area contributed by atoms with Gasteiger partial charge in [0, 0.05) is 44.1 Å². The fraction of sp³-hybridized carbons (Fsp3) is 0.786. The number of carbonyl (C=O) groups excluding carboxylic acids is 1. The van der Waals surface area contributed by atoms with E-state index in [1.165, 1.54) is 24.4 Å². The number of piperidine rings is 1. The molecule has 0 bridgehead atoms. The van der Waals surface area contributed by atoms with Crippen LogP contribution < -0.4 is 16.0 Å². The first-order chi connectivity index (χ1) is 10.7. The summed E-state index contributed by atoms with van der Waals surface area (Å²) in [6, 6.07) is 0. The number of nitrogens with two attached hydrogens (primary N) is 1. The van der Waals surface area contributed by atoms with E-state index in [2.05, 4.69) is 19.6 Å². The van der Waals surface area contributed by atoms with Crippen molar-refractivity contribution in [2.24, 2.45) is 5.92 Å². The van der Waals surface area contributed by atoms with Crippen LogP contribution in [0.5, 0.6) is 0 Å². The molecule has 2 aliphatic heterocycles. The lowest BCUT2D eigenvalue weighted by Crippen LogP contribution is -2.48. The van der Waals surface area contributed by atoms with Crippen LogP contribution in [0.4, 0.5) is 11.1 Å². The van der Waals surface area contributed by atoms with E-state index in [1.54, 1.807) is 0 Å². The predicted octanol–water partition coefficient (Wildman–Crippen LogP) is 0.549. The molecule has 0 aliphatic carbocycles. The van der Waals surface area contributed by atoms with E-state index in [4.69, 9.17) is 5.73 Å². The van der Waals surface area contributed by atoms with Crippen molar-refractivity contribution in [2.45, 2.75) is 25.7 Å². The maximum Gasteiger partial charge on any atom is 0.233 e. The molecule has 3 rings (SSSR count). The number of hydrogen-bond acceptors (Lipinski definition) is 7. The van der Waals surface area contributed by atoms with Crippen molar-refractivity contribution in [3.8, 4) is 0 Å². The number of piperazine rings is 1. The quantitative estimate of drug-likeness (QED) is 0.841. The molecule has 0 radical (unpaired) electrons. The SMILES string of the molecule is Nc1nsc(N2CCN(C(=O)CCC3CCNCC3)CC2)n1. The summed E-state index contributed by atoms with van der Waals surface area (Å²) in [5, 5.41) is 4.23. The van der Waals surface area contributed by atoms with Gasteiger partial charge in [0.05, 0.1) is 0 Å². The molecule has 2 aliphatic rings. The molecule has 3 N–H and O–H groups in total. The highest BCUT2D eigenvalue weighted by Gasteiger charge is 2.24. The van der Waals surface area contributed by atoms with Gasteiger partial charge in [-0.15, -0.1) is 0 Å². The summed E-state index contributed by atoms with van der Waals surface area (Å²) in [4.78, 5) is 20.7. The Labute approximate surface area is 135 Å². The van der Waals surface area contributed by atoms with Crippen LogP contribution in [0.2, 0.25) is 0 Å². The molecule has 7 nitrogen and oxygen atoms in total. The Bertz CT molecular complexity index is 493. The number of hydrogen-bond donors (Lipinski definition) is 2. The fourth-order valence-electron chi connectivity index (χ4n) is 3.16. The number of nitrogens with one attached hydrogen (secondary N) is 1. The summed E-state index contributed by atoms with van der Waals surface area (Å²) in [5.74, 6) is 1.35. The van der Waals surface area contributed by atoms with Crippen molar-refractivity contribution in [1.82, 2.24) is 19.6 Å². The third-order valence-electron chi connectivity index (χ3n) is 4.56. The number of nitrogen functional groups attached to an aromatic ring is 1. The monoisotopic (exact) mass is 324 g/mol. The van der Waals surface area contributed by atoms with Crippen LogP contribution in [0.15, 0.2) is 0 Å². The van der Waals surface area contributed by atoms with Gasteiger partial charge in [0.1, 0.15) is 0 Å². The molecule has 0 unspecified atom stereocenters. The van der Waals surface area contributed by atoms with E-state index in [0.29, 0.717) is 18.3 Å². The minimum absolute atomic E-state index is 0.301. The van der Waals surface area contributed by atoms with Gasteiger partial charge in [0.2, 0.25) is 17.0 Å². The number of carbonyl (C=O) groups is 1. The summed E-state index contributed by atoms with van der Waals surface area (Å²) in [6.45, 7) is 5.36. The lowest BCUT2D eigenvalue weighted by molar-refractivity contribution is -0.131. The first kappa shape index (κ1) is 15.5. The van der Waals surface area contributed by atoms with E-state index in [9.17, 15) is 4.79 Å². The highest BCUT2D eigenvalue weighted by Crippen LogP contribution is 2.21. The zero-order valence-corrected chi connectivity index (χ0v) is 13.6. The third-order valence-corrected chi connectivity index (χ3v) is 5.35. The minimum Gasteiger partial charge on any atom is -0.367 e. The highest BCUT2D eigenvalue weighted by atomic mass is 32.1. The van der Waals surface area contributed by atoms with Gasteiger partial charge in [-0.3, -0.25) is 4.79 Å². The van der Waals surface area contributed by atoms with Gasteiger partial charge in [0.15, 0.2) is 0 Å². The van der Waals surface area contributed by atoms with Gasteiger partial charge in [-0.2, -0.15) is 9.36 Å². The van der Waals surface area contributed by atoms with Crippen LogP contribution in [0.1, 0.15) is 25.7 Å². The second-order valence-electron chi connectivity index (χ2n) is 6.04. The molecule has 122 valence electrons. The van der Waals surface area contributed by atoms with E-state index in [0.717, 1.165) is 56.7 Å². The molecule has 0 saturated carbocycles. The molecule has 1 amide bonds. The number of rotatable bonds is 4. The molecule has 0 spiro atoms. The normalized spacial score (nSPS) is 20.4. The van der Waals surface area contributed by atoms with Crippen LogP contribution in [-0.4, -0.2) is 59.4 Å². The van der Waals surface area contributed by atoms with Gasteiger partial charge in [-0.25, -0.2) is 0 Å². The van der Waals surface area contributed by atoms with Crippen LogP contribution in [0, 0.1) is 5.92 Å². The third kappa shape index (κ3) is 3.86. The Morgan fingerprint density at radius 2 is 2.00 bits per heavy atom. The molecule has 2 saturated heterocycles. The molecule has 8 heteroatoms. The first-order valence-corrected chi connectivity index (χ1v) is 8.82. The van der Waals surface area contributed by atoms with Gasteiger partial charge in [-0.1, -0.05) is 0 Å². The lowest BCUT2D eigenvalue weighted by Gasteiger charge is -2.34. The van der Waals surface area contributed by atoms with Crippen molar-refractivity contribution >= 4 is 28.5 Å². The maximum absolute atomic E-state index is 12.3. The molecule has 0 atom stereocenters. The summed E-state index contributed by atoms with van der Waals surface area (Å²) < 4.78 is 4.01. The van der Waals surface area contributed by atoms with E-state index in [-0.39, 0.29) is 0 Å². The van der Waals surface area contributed by atoms with Crippen molar-refractivity contribution in [3.05, 3.63) is 0 Å². The largest absolute Gasteiger partial charge is 0.367 e. The van der Waals surface area contributed by atoms with E-state index >= 15 is 0 Å². The number of amides is 1. The number of anilines is 2.